The lowest BCUT2D eigenvalue weighted by molar-refractivity contribution is -0.136. The number of hydrogen-bond acceptors (Lipinski definition) is 7. The number of hydrogen-bond donors (Lipinski definition) is 1. The predicted octanol–water partition coefficient (Wildman–Crippen LogP) is 4.23. The Morgan fingerprint density at radius 2 is 1.97 bits per heavy atom. The van der Waals surface area contributed by atoms with Gasteiger partial charge in [0.25, 0.3) is 0 Å². The summed E-state index contributed by atoms with van der Waals surface area (Å²) in [5.74, 6) is -0.530. The molecule has 1 atom stereocenters. The summed E-state index contributed by atoms with van der Waals surface area (Å²) in [6.07, 6.45) is 2.47. The first-order valence-corrected chi connectivity index (χ1v) is 11.7. The van der Waals surface area contributed by atoms with Crippen LogP contribution in [0.1, 0.15) is 42.6 Å². The number of aromatic nitrogens is 1. The molecule has 0 saturated heterocycles. The van der Waals surface area contributed by atoms with Crippen LogP contribution in [-0.4, -0.2) is 34.0 Å². The van der Waals surface area contributed by atoms with Gasteiger partial charge in [-0.3, -0.25) is 9.78 Å². The fourth-order valence-corrected chi connectivity index (χ4v) is 4.83. The number of benzene rings is 1. The lowest BCUT2D eigenvalue weighted by Gasteiger charge is -2.36. The minimum Gasteiger partial charge on any atom is -0.466 e. The lowest BCUT2D eigenvalue weighted by atomic mass is 9.92. The van der Waals surface area contributed by atoms with E-state index >= 15 is 0 Å². The molecule has 2 aromatic rings. The fourth-order valence-electron chi connectivity index (χ4n) is 3.90. The van der Waals surface area contributed by atoms with Crippen LogP contribution < -0.4 is 5.32 Å². The van der Waals surface area contributed by atoms with Gasteiger partial charge in [-0.05, 0) is 36.4 Å². The third kappa shape index (κ3) is 4.85. The van der Waals surface area contributed by atoms with E-state index in [2.05, 4.69) is 10.3 Å². The number of nitrogens with one attached hydrogen (secondary N) is 1. The van der Waals surface area contributed by atoms with Crippen LogP contribution >= 0.6 is 11.8 Å². The third-order valence-electron chi connectivity index (χ3n) is 5.56. The summed E-state index contributed by atoms with van der Waals surface area (Å²) in [5.41, 5.74) is 4.88. The Morgan fingerprint density at radius 1 is 1.18 bits per heavy atom. The zero-order valence-electron chi connectivity index (χ0n) is 18.9. The molecule has 0 saturated carbocycles. The summed E-state index contributed by atoms with van der Waals surface area (Å²) in [4.78, 5) is 36.6. The molecule has 0 aliphatic carbocycles. The Kier molecular flexibility index (Phi) is 6.93. The Hall–Kier alpha value is -3.39. The second kappa shape index (κ2) is 10.0. The molecule has 8 heteroatoms. The van der Waals surface area contributed by atoms with Crippen LogP contribution in [0, 0.1) is 6.92 Å². The fraction of sp³-hybridized carbons (Fsp3) is 0.280. The standard InChI is InChI=1S/C25H26N4O3S/c1-4-20-22(24(31)32-3)23(17-10-8-16(2)9-11-17)29-19(15-33-25(29)28-20)13-21(30)27-14-18-7-5-6-12-26-18/h5-12,15,23H,4,13-14H2,1-3H3,(H,27,30)/t23-/m1/s1. The van der Waals surface area contributed by atoms with Gasteiger partial charge in [0, 0.05) is 11.9 Å². The highest BCUT2D eigenvalue weighted by atomic mass is 32.2. The minimum atomic E-state index is -0.412. The molecule has 7 nitrogen and oxygen atoms in total. The molecule has 0 radical (unpaired) electrons. The largest absolute Gasteiger partial charge is 0.466 e. The maximum Gasteiger partial charge on any atom is 0.338 e. The molecule has 1 aromatic heterocycles. The first kappa shape index (κ1) is 22.8. The molecule has 1 aromatic carbocycles. The van der Waals surface area contributed by atoms with Crippen molar-refractivity contribution in [1.82, 2.24) is 15.2 Å². The number of aryl methyl sites for hydroxylation is 1. The number of methoxy groups -OCH3 is 1. The molecule has 2 aliphatic heterocycles. The van der Waals surface area contributed by atoms with Gasteiger partial charge >= 0.3 is 5.97 Å². The number of amides is 1. The normalized spacial score (nSPS) is 17.3. The number of nitrogens with zero attached hydrogens (tertiary/aromatic N) is 3. The monoisotopic (exact) mass is 462 g/mol. The van der Waals surface area contributed by atoms with E-state index in [1.54, 1.807) is 6.20 Å². The van der Waals surface area contributed by atoms with Crippen molar-refractivity contribution in [3.8, 4) is 0 Å². The van der Waals surface area contributed by atoms with Gasteiger partial charge in [0.1, 0.15) is 0 Å². The van der Waals surface area contributed by atoms with Crippen molar-refractivity contribution in [3.05, 3.63) is 87.9 Å². The summed E-state index contributed by atoms with van der Waals surface area (Å²) >= 11 is 1.47. The quantitative estimate of drug-likeness (QED) is 0.620. The molecule has 0 unspecified atom stereocenters. The van der Waals surface area contributed by atoms with E-state index in [0.29, 0.717) is 24.2 Å². The van der Waals surface area contributed by atoms with E-state index in [1.165, 1.54) is 18.9 Å². The van der Waals surface area contributed by atoms with E-state index in [-0.39, 0.29) is 12.3 Å². The molecule has 3 heterocycles. The Bertz CT molecular complexity index is 1140. The summed E-state index contributed by atoms with van der Waals surface area (Å²) in [6, 6.07) is 13.3. The van der Waals surface area contributed by atoms with Gasteiger partial charge < -0.3 is 15.0 Å². The number of pyridine rings is 1. The van der Waals surface area contributed by atoms with Gasteiger partial charge in [-0.2, -0.15) is 0 Å². The Morgan fingerprint density at radius 3 is 2.64 bits per heavy atom. The molecule has 2 aliphatic rings. The molecule has 0 bridgehead atoms. The molecule has 33 heavy (non-hydrogen) atoms. The summed E-state index contributed by atoms with van der Waals surface area (Å²) in [6.45, 7) is 4.36. The average Bonchev–Trinajstić information content (AvgIpc) is 3.24. The molecular weight excluding hydrogens is 436 g/mol. The van der Waals surface area contributed by atoms with E-state index in [9.17, 15) is 9.59 Å². The van der Waals surface area contributed by atoms with E-state index in [1.807, 2.05) is 66.6 Å². The van der Waals surface area contributed by atoms with Crippen molar-refractivity contribution in [2.75, 3.05) is 7.11 Å². The molecule has 1 N–H and O–H groups in total. The highest BCUT2D eigenvalue weighted by Crippen LogP contribution is 2.45. The molecular formula is C25H26N4O3S. The first-order valence-electron chi connectivity index (χ1n) is 10.8. The molecule has 170 valence electrons. The van der Waals surface area contributed by atoms with Gasteiger partial charge in [0.15, 0.2) is 5.17 Å². The number of allylic oxidation sites excluding steroid dienone is 1. The second-order valence-electron chi connectivity index (χ2n) is 7.78. The number of fused-ring (bicyclic) bond motifs is 1. The SMILES string of the molecule is CCC1=C(C(=O)OC)[C@@H](c2ccc(C)cc2)N2C(CC(=O)NCc3ccccn3)=CSC2=N1. The number of carbonyl (C=O) groups is 2. The summed E-state index contributed by atoms with van der Waals surface area (Å²) in [5, 5.41) is 5.63. The van der Waals surface area contributed by atoms with Crippen molar-refractivity contribution < 1.29 is 14.3 Å². The first-order chi connectivity index (χ1) is 16.0. The number of ether oxygens (including phenoxy) is 1. The van der Waals surface area contributed by atoms with Crippen molar-refractivity contribution >= 4 is 28.8 Å². The predicted molar refractivity (Wildman–Crippen MR) is 129 cm³/mol. The van der Waals surface area contributed by atoms with E-state index in [0.717, 1.165) is 27.7 Å². The number of amidine groups is 1. The molecule has 0 fully saturated rings. The Balaban J connectivity index is 1.63. The van der Waals surface area contributed by atoms with Crippen molar-refractivity contribution in [1.29, 1.82) is 0 Å². The van der Waals surface area contributed by atoms with E-state index < -0.39 is 12.0 Å². The number of esters is 1. The third-order valence-corrected chi connectivity index (χ3v) is 6.45. The van der Waals surface area contributed by atoms with Gasteiger partial charge in [-0.15, -0.1) is 0 Å². The van der Waals surface area contributed by atoms with Crippen LogP contribution in [0.4, 0.5) is 0 Å². The van der Waals surface area contributed by atoms with Gasteiger partial charge in [0.05, 0.1) is 43.1 Å². The molecule has 4 rings (SSSR count). The maximum absolute atomic E-state index is 12.9. The van der Waals surface area contributed by atoms with Crippen LogP contribution in [0.3, 0.4) is 0 Å². The van der Waals surface area contributed by atoms with Crippen LogP contribution in [0.25, 0.3) is 0 Å². The van der Waals surface area contributed by atoms with Crippen molar-refractivity contribution in [2.45, 2.75) is 39.3 Å². The summed E-state index contributed by atoms with van der Waals surface area (Å²) < 4.78 is 5.14. The van der Waals surface area contributed by atoms with E-state index in [4.69, 9.17) is 9.73 Å². The number of rotatable bonds is 7. The summed E-state index contributed by atoms with van der Waals surface area (Å²) in [7, 11) is 1.38. The topological polar surface area (TPSA) is 83.9 Å². The van der Waals surface area contributed by atoms with Crippen LogP contribution in [0.15, 0.2) is 76.0 Å². The Labute approximate surface area is 197 Å². The van der Waals surface area contributed by atoms with Gasteiger partial charge in [0.2, 0.25) is 5.91 Å². The highest BCUT2D eigenvalue weighted by molar-refractivity contribution is 8.16. The zero-order chi connectivity index (χ0) is 23.4. The number of aliphatic imine (C=N–C) groups is 1. The maximum atomic E-state index is 12.9. The van der Waals surface area contributed by atoms with Crippen molar-refractivity contribution in [3.63, 3.8) is 0 Å². The molecule has 0 spiro atoms. The lowest BCUT2D eigenvalue weighted by Crippen LogP contribution is -2.38. The van der Waals surface area contributed by atoms with Crippen LogP contribution in [-0.2, 0) is 20.9 Å². The smallest absolute Gasteiger partial charge is 0.338 e. The zero-order valence-corrected chi connectivity index (χ0v) is 19.7. The van der Waals surface area contributed by atoms with Crippen molar-refractivity contribution in [2.24, 2.45) is 4.99 Å². The van der Waals surface area contributed by atoms with Gasteiger partial charge in [-0.1, -0.05) is 54.6 Å². The average molecular weight is 463 g/mol. The molecule has 1 amide bonds. The highest BCUT2D eigenvalue weighted by Gasteiger charge is 2.41. The van der Waals surface area contributed by atoms with Gasteiger partial charge in [-0.25, -0.2) is 9.79 Å². The minimum absolute atomic E-state index is 0.124. The van der Waals surface area contributed by atoms with Crippen LogP contribution in [0.2, 0.25) is 0 Å². The van der Waals surface area contributed by atoms with Crippen LogP contribution in [0.5, 0.6) is 0 Å². The number of thioether (sulfide) groups is 1. The number of carbonyl (C=O) groups excluding carboxylic acids is 2. The second-order valence-corrected chi connectivity index (χ2v) is 8.62.